The van der Waals surface area contributed by atoms with Gasteiger partial charge in [-0.25, -0.2) is 0 Å². The average Bonchev–Trinajstić information content (AvgIpc) is 2.42. The molecule has 0 aromatic heterocycles. The quantitative estimate of drug-likeness (QED) is 0.411. The Kier molecular flexibility index (Phi) is 6.55. The Hall–Kier alpha value is -1.83. The number of ether oxygens (including phenoxy) is 1. The molecule has 2 nitrogen and oxygen atoms in total. The van der Waals surface area contributed by atoms with Gasteiger partial charge in [-0.1, -0.05) is 37.6 Å². The van der Waals surface area contributed by atoms with E-state index in [4.69, 9.17) is 4.74 Å². The number of benzene rings is 1. The predicted molar refractivity (Wildman–Crippen MR) is 75.7 cm³/mol. The molecule has 0 heterocycles. The van der Waals surface area contributed by atoms with Crippen LogP contribution < -0.4 is 4.74 Å². The minimum atomic E-state index is 0.849. The summed E-state index contributed by atoms with van der Waals surface area (Å²) in [6, 6.07) is 7.84. The topological polar surface area (TPSA) is 26.3 Å². The Morgan fingerprint density at radius 2 is 2.00 bits per heavy atom. The van der Waals surface area contributed by atoms with Gasteiger partial charge in [-0.3, -0.25) is 4.79 Å². The van der Waals surface area contributed by atoms with E-state index < -0.39 is 0 Å². The fraction of sp³-hybridized carbons (Fsp3) is 0.312. The summed E-state index contributed by atoms with van der Waals surface area (Å²) in [6.45, 7) is 2.14. The molecule has 0 aliphatic rings. The number of unbranched alkanes of at least 4 members (excludes halogenated alkanes) is 1. The van der Waals surface area contributed by atoms with Crippen LogP contribution in [-0.4, -0.2) is 13.4 Å². The number of allylic oxidation sites excluding steroid dienone is 3. The molecule has 18 heavy (non-hydrogen) atoms. The normalized spacial score (nSPS) is 11.8. The second kappa shape index (κ2) is 8.29. The number of carbonyl (C=O) groups excluding carboxylic acids is 1. The molecule has 0 fully saturated rings. The molecule has 0 saturated carbocycles. The summed E-state index contributed by atoms with van der Waals surface area (Å²) in [5, 5.41) is 0. The van der Waals surface area contributed by atoms with Gasteiger partial charge in [0.1, 0.15) is 12.0 Å². The maximum Gasteiger partial charge on any atom is 0.143 e. The van der Waals surface area contributed by atoms with Crippen molar-refractivity contribution in [3.63, 3.8) is 0 Å². The van der Waals surface area contributed by atoms with E-state index in [-0.39, 0.29) is 0 Å². The lowest BCUT2D eigenvalue weighted by Gasteiger charge is -2.01. The second-order valence-corrected chi connectivity index (χ2v) is 4.09. The third kappa shape index (κ3) is 5.00. The summed E-state index contributed by atoms with van der Waals surface area (Å²) in [6.07, 6.45) is 9.69. The molecule has 0 saturated heterocycles. The maximum absolute atomic E-state index is 10.5. The third-order valence-corrected chi connectivity index (χ3v) is 2.71. The van der Waals surface area contributed by atoms with Crippen molar-refractivity contribution >= 4 is 12.4 Å². The van der Waals surface area contributed by atoms with Crippen molar-refractivity contribution in [2.45, 2.75) is 26.2 Å². The Bertz CT molecular complexity index is 413. The summed E-state index contributed by atoms with van der Waals surface area (Å²) >= 11 is 0. The molecule has 1 aromatic carbocycles. The predicted octanol–water partition coefficient (Wildman–Crippen LogP) is 4.02. The van der Waals surface area contributed by atoms with Crippen LogP contribution in [0, 0.1) is 0 Å². The molecule has 0 bridgehead atoms. The molecule has 1 rings (SSSR count). The molecule has 0 atom stereocenters. The van der Waals surface area contributed by atoms with E-state index in [9.17, 15) is 4.79 Å². The molecule has 0 unspecified atom stereocenters. The van der Waals surface area contributed by atoms with Crippen LogP contribution in [0.3, 0.4) is 0 Å². The second-order valence-electron chi connectivity index (χ2n) is 4.09. The standard InChI is InChI=1S/C16H20O2/c1-3-4-5-14(12-13-17)6-7-15-8-10-16(18-2)11-9-15/h6-13H,3-5H2,1-2H3/b7-6+,14-12-. The third-order valence-electron chi connectivity index (χ3n) is 2.71. The fourth-order valence-corrected chi connectivity index (χ4v) is 1.61. The van der Waals surface area contributed by atoms with E-state index in [1.54, 1.807) is 13.2 Å². The van der Waals surface area contributed by atoms with Crippen LogP contribution >= 0.6 is 0 Å². The molecule has 2 heteroatoms. The lowest BCUT2D eigenvalue weighted by molar-refractivity contribution is -0.104. The lowest BCUT2D eigenvalue weighted by Crippen LogP contribution is -1.83. The maximum atomic E-state index is 10.5. The van der Waals surface area contributed by atoms with Crippen molar-refractivity contribution in [2.75, 3.05) is 7.11 Å². The number of aldehydes is 1. The summed E-state index contributed by atoms with van der Waals surface area (Å²) in [7, 11) is 1.65. The minimum absolute atomic E-state index is 0.849. The van der Waals surface area contributed by atoms with Crippen LogP contribution in [0.25, 0.3) is 6.08 Å². The van der Waals surface area contributed by atoms with E-state index in [0.29, 0.717) is 0 Å². The zero-order chi connectivity index (χ0) is 13.2. The van der Waals surface area contributed by atoms with Crippen LogP contribution in [0.15, 0.2) is 42.0 Å². The van der Waals surface area contributed by atoms with Crippen molar-refractivity contribution < 1.29 is 9.53 Å². The van der Waals surface area contributed by atoms with Crippen LogP contribution in [0.1, 0.15) is 31.7 Å². The smallest absolute Gasteiger partial charge is 0.143 e. The first-order valence-electron chi connectivity index (χ1n) is 6.26. The van der Waals surface area contributed by atoms with E-state index >= 15 is 0 Å². The Morgan fingerprint density at radius 1 is 1.28 bits per heavy atom. The molecule has 0 spiro atoms. The van der Waals surface area contributed by atoms with Gasteiger partial charge in [0.2, 0.25) is 0 Å². The molecule has 0 aliphatic heterocycles. The fourth-order valence-electron chi connectivity index (χ4n) is 1.61. The van der Waals surface area contributed by atoms with Gasteiger partial charge in [-0.05, 0) is 42.2 Å². The summed E-state index contributed by atoms with van der Waals surface area (Å²) in [5.41, 5.74) is 2.17. The number of hydrogen-bond donors (Lipinski definition) is 0. The number of carbonyl (C=O) groups is 1. The van der Waals surface area contributed by atoms with Crippen molar-refractivity contribution in [1.82, 2.24) is 0 Å². The van der Waals surface area contributed by atoms with Gasteiger partial charge >= 0.3 is 0 Å². The summed E-state index contributed by atoms with van der Waals surface area (Å²) in [4.78, 5) is 10.5. The van der Waals surface area contributed by atoms with E-state index in [0.717, 1.165) is 42.4 Å². The largest absolute Gasteiger partial charge is 0.497 e. The van der Waals surface area contributed by atoms with Gasteiger partial charge in [-0.15, -0.1) is 0 Å². The molecule has 0 amide bonds. The van der Waals surface area contributed by atoms with E-state index in [1.807, 2.05) is 36.4 Å². The molecule has 1 aromatic rings. The monoisotopic (exact) mass is 244 g/mol. The number of methoxy groups -OCH3 is 1. The van der Waals surface area contributed by atoms with Gasteiger partial charge in [0.25, 0.3) is 0 Å². The molecular formula is C16H20O2. The Balaban J connectivity index is 2.69. The first-order chi connectivity index (χ1) is 8.80. The first-order valence-corrected chi connectivity index (χ1v) is 6.26. The van der Waals surface area contributed by atoms with Crippen LogP contribution in [-0.2, 0) is 4.79 Å². The zero-order valence-corrected chi connectivity index (χ0v) is 11.1. The summed E-state index contributed by atoms with van der Waals surface area (Å²) < 4.78 is 5.10. The van der Waals surface area contributed by atoms with Gasteiger partial charge in [0.15, 0.2) is 0 Å². The molecule has 0 aliphatic carbocycles. The van der Waals surface area contributed by atoms with Gasteiger partial charge in [-0.2, -0.15) is 0 Å². The van der Waals surface area contributed by atoms with Crippen molar-refractivity contribution in [3.8, 4) is 5.75 Å². The van der Waals surface area contributed by atoms with Crippen molar-refractivity contribution in [3.05, 3.63) is 47.6 Å². The Labute approximate surface area is 109 Å². The lowest BCUT2D eigenvalue weighted by atomic mass is 10.1. The van der Waals surface area contributed by atoms with Gasteiger partial charge in [0.05, 0.1) is 7.11 Å². The molecule has 96 valence electrons. The molecular weight excluding hydrogens is 224 g/mol. The van der Waals surface area contributed by atoms with Gasteiger partial charge in [0, 0.05) is 0 Å². The van der Waals surface area contributed by atoms with Gasteiger partial charge < -0.3 is 4.74 Å². The average molecular weight is 244 g/mol. The minimum Gasteiger partial charge on any atom is -0.497 e. The Morgan fingerprint density at radius 3 is 2.56 bits per heavy atom. The highest BCUT2D eigenvalue weighted by Crippen LogP contribution is 2.14. The van der Waals surface area contributed by atoms with Crippen molar-refractivity contribution in [1.29, 1.82) is 0 Å². The van der Waals surface area contributed by atoms with Crippen LogP contribution in [0.2, 0.25) is 0 Å². The molecule has 0 radical (unpaired) electrons. The SMILES string of the molecule is CCCCC(=C/C=O)/C=C/c1ccc(OC)cc1. The van der Waals surface area contributed by atoms with Crippen molar-refractivity contribution in [2.24, 2.45) is 0 Å². The highest BCUT2D eigenvalue weighted by Gasteiger charge is 1.93. The highest BCUT2D eigenvalue weighted by atomic mass is 16.5. The first kappa shape index (κ1) is 14.2. The summed E-state index contributed by atoms with van der Waals surface area (Å²) in [5.74, 6) is 0.849. The van der Waals surface area contributed by atoms with E-state index in [2.05, 4.69) is 6.92 Å². The molecule has 0 N–H and O–H groups in total. The highest BCUT2D eigenvalue weighted by molar-refractivity contribution is 5.68. The van der Waals surface area contributed by atoms with Crippen LogP contribution in [0.5, 0.6) is 5.75 Å². The van der Waals surface area contributed by atoms with E-state index in [1.165, 1.54) is 0 Å². The van der Waals surface area contributed by atoms with Crippen LogP contribution in [0.4, 0.5) is 0 Å². The number of hydrogen-bond acceptors (Lipinski definition) is 2. The zero-order valence-electron chi connectivity index (χ0n) is 11.1. The number of rotatable bonds is 7.